The molecule has 0 aliphatic heterocycles. The highest BCUT2D eigenvalue weighted by Gasteiger charge is 2.41. The van der Waals surface area contributed by atoms with Crippen LogP contribution in [0.25, 0.3) is 0 Å². The van der Waals surface area contributed by atoms with Gasteiger partial charge in [0.25, 0.3) is 0 Å². The summed E-state index contributed by atoms with van der Waals surface area (Å²) in [6.45, 7) is 4.13. The van der Waals surface area contributed by atoms with Crippen molar-refractivity contribution in [3.63, 3.8) is 0 Å². The number of fused-ring (bicyclic) bond motifs is 1. The second-order valence-electron chi connectivity index (χ2n) is 6.08. The molecule has 0 N–H and O–H groups in total. The van der Waals surface area contributed by atoms with Gasteiger partial charge in [0.15, 0.2) is 23.1 Å². The second kappa shape index (κ2) is 6.55. The van der Waals surface area contributed by atoms with E-state index in [1.165, 1.54) is 19.9 Å². The third-order valence-electron chi connectivity index (χ3n) is 4.02. The van der Waals surface area contributed by atoms with Gasteiger partial charge in [-0.15, -0.1) is 0 Å². The van der Waals surface area contributed by atoms with Crippen LogP contribution in [0.2, 0.25) is 0 Å². The quantitative estimate of drug-likeness (QED) is 0.479. The molecule has 132 valence electrons. The van der Waals surface area contributed by atoms with Crippen molar-refractivity contribution in [1.82, 2.24) is 0 Å². The maximum Gasteiger partial charge on any atom is 0.308 e. The van der Waals surface area contributed by atoms with E-state index >= 15 is 0 Å². The minimum absolute atomic E-state index is 0.000689. The van der Waals surface area contributed by atoms with Gasteiger partial charge in [0, 0.05) is 30.5 Å². The van der Waals surface area contributed by atoms with Gasteiger partial charge in [0.2, 0.25) is 0 Å². The fourth-order valence-corrected chi connectivity index (χ4v) is 3.09. The Morgan fingerprint density at radius 2 is 1.42 bits per heavy atom. The van der Waals surface area contributed by atoms with Gasteiger partial charge in [-0.3, -0.25) is 19.2 Å². The lowest BCUT2D eigenvalue weighted by molar-refractivity contribution is -0.134. The summed E-state index contributed by atoms with van der Waals surface area (Å²) in [4.78, 5) is 48.6. The van der Waals surface area contributed by atoms with Crippen LogP contribution in [0.1, 0.15) is 51.6 Å². The van der Waals surface area contributed by atoms with E-state index in [-0.39, 0.29) is 28.6 Å². The molecule has 0 atom stereocenters. The molecule has 0 bridgehead atoms. The van der Waals surface area contributed by atoms with Crippen molar-refractivity contribution in [1.29, 1.82) is 0 Å². The van der Waals surface area contributed by atoms with Crippen molar-refractivity contribution >= 4 is 23.5 Å². The lowest BCUT2D eigenvalue weighted by Crippen LogP contribution is -2.17. The van der Waals surface area contributed by atoms with Crippen molar-refractivity contribution in [3.05, 3.63) is 58.7 Å². The molecular weight excluding hydrogens is 336 g/mol. The van der Waals surface area contributed by atoms with Gasteiger partial charge < -0.3 is 9.47 Å². The standard InChI is InChI=1S/C20H16O6/c1-10-8-15(20(26-12(3)22)16(9-10)25-11(2)21)17-18(23)13-6-4-5-7-14(13)19(17)24/h4-9,17H,1-3H3. The summed E-state index contributed by atoms with van der Waals surface area (Å²) < 4.78 is 10.4. The zero-order chi connectivity index (χ0) is 19.0. The summed E-state index contributed by atoms with van der Waals surface area (Å²) in [5.74, 6) is -3.24. The molecule has 0 fully saturated rings. The molecule has 3 rings (SSSR count). The topological polar surface area (TPSA) is 86.7 Å². The van der Waals surface area contributed by atoms with E-state index in [9.17, 15) is 19.2 Å². The normalized spacial score (nSPS) is 13.5. The number of hydrogen-bond acceptors (Lipinski definition) is 6. The largest absolute Gasteiger partial charge is 0.423 e. The molecule has 6 nitrogen and oxygen atoms in total. The number of aryl methyl sites for hydroxylation is 1. The fourth-order valence-electron chi connectivity index (χ4n) is 3.09. The summed E-state index contributed by atoms with van der Waals surface area (Å²) >= 11 is 0. The van der Waals surface area contributed by atoms with Gasteiger partial charge in [0.1, 0.15) is 5.92 Å². The lowest BCUT2D eigenvalue weighted by atomic mass is 9.91. The second-order valence-corrected chi connectivity index (χ2v) is 6.08. The number of carbonyl (C=O) groups is 4. The molecule has 0 radical (unpaired) electrons. The average Bonchev–Trinajstić information content (AvgIpc) is 2.81. The average molecular weight is 352 g/mol. The number of Topliss-reactive ketones (excluding diaryl/α,β-unsaturated/α-hetero) is 2. The highest BCUT2D eigenvalue weighted by atomic mass is 16.6. The number of hydrogen-bond donors (Lipinski definition) is 0. The van der Waals surface area contributed by atoms with E-state index < -0.39 is 17.9 Å². The number of ketones is 2. The third kappa shape index (κ3) is 3.01. The Hall–Kier alpha value is -3.28. The van der Waals surface area contributed by atoms with Crippen molar-refractivity contribution in [2.75, 3.05) is 0 Å². The first-order valence-electron chi connectivity index (χ1n) is 7.98. The van der Waals surface area contributed by atoms with Crippen molar-refractivity contribution in [2.45, 2.75) is 26.7 Å². The molecule has 2 aromatic carbocycles. The van der Waals surface area contributed by atoms with Gasteiger partial charge >= 0.3 is 11.9 Å². The highest BCUT2D eigenvalue weighted by Crippen LogP contribution is 2.43. The van der Waals surface area contributed by atoms with Crippen LogP contribution in [-0.4, -0.2) is 23.5 Å². The van der Waals surface area contributed by atoms with Crippen molar-refractivity contribution in [3.8, 4) is 11.5 Å². The van der Waals surface area contributed by atoms with Crippen LogP contribution in [-0.2, 0) is 9.59 Å². The third-order valence-corrected chi connectivity index (χ3v) is 4.02. The predicted molar refractivity (Wildman–Crippen MR) is 91.6 cm³/mol. The summed E-state index contributed by atoms with van der Waals surface area (Å²) in [5, 5.41) is 0. The van der Waals surface area contributed by atoms with Gasteiger partial charge in [-0.2, -0.15) is 0 Å². The van der Waals surface area contributed by atoms with Crippen LogP contribution >= 0.6 is 0 Å². The Balaban J connectivity index is 2.20. The Bertz CT molecular complexity index is 922. The summed E-state index contributed by atoms with van der Waals surface area (Å²) in [6, 6.07) is 9.64. The van der Waals surface area contributed by atoms with E-state index in [1.54, 1.807) is 37.3 Å². The van der Waals surface area contributed by atoms with Gasteiger partial charge in [-0.1, -0.05) is 30.3 Å². The lowest BCUT2D eigenvalue weighted by Gasteiger charge is -2.17. The van der Waals surface area contributed by atoms with Crippen LogP contribution in [0.3, 0.4) is 0 Å². The number of rotatable bonds is 3. The van der Waals surface area contributed by atoms with E-state index in [0.29, 0.717) is 16.7 Å². The first kappa shape index (κ1) is 17.5. The molecule has 0 spiro atoms. The van der Waals surface area contributed by atoms with Gasteiger partial charge in [0.05, 0.1) is 0 Å². The molecule has 0 heterocycles. The van der Waals surface area contributed by atoms with Crippen LogP contribution in [0.15, 0.2) is 36.4 Å². The molecule has 0 saturated carbocycles. The SMILES string of the molecule is CC(=O)Oc1cc(C)cc(C2C(=O)c3ccccc3C2=O)c1OC(C)=O. The number of ether oxygens (including phenoxy) is 2. The van der Waals surface area contributed by atoms with Gasteiger partial charge in [-0.25, -0.2) is 0 Å². The smallest absolute Gasteiger partial charge is 0.308 e. The molecule has 1 aliphatic carbocycles. The van der Waals surface area contributed by atoms with Crippen molar-refractivity contribution < 1.29 is 28.7 Å². The van der Waals surface area contributed by atoms with Crippen molar-refractivity contribution in [2.24, 2.45) is 0 Å². The molecule has 0 saturated heterocycles. The fraction of sp³-hybridized carbons (Fsp3) is 0.200. The summed E-state index contributed by atoms with van der Waals surface area (Å²) in [6.07, 6.45) is 0. The van der Waals surface area contributed by atoms with Crippen LogP contribution in [0, 0.1) is 6.92 Å². The highest BCUT2D eigenvalue weighted by molar-refractivity contribution is 6.30. The Morgan fingerprint density at radius 3 is 1.92 bits per heavy atom. The zero-order valence-electron chi connectivity index (χ0n) is 14.5. The Labute approximate surface area is 149 Å². The van der Waals surface area contributed by atoms with E-state index in [1.807, 2.05) is 0 Å². The number of esters is 2. The predicted octanol–water partition coefficient (Wildman–Crippen LogP) is 3.01. The first-order chi connectivity index (χ1) is 12.3. The van der Waals surface area contributed by atoms with E-state index in [0.717, 1.165) is 0 Å². The monoisotopic (exact) mass is 352 g/mol. The van der Waals surface area contributed by atoms with E-state index in [4.69, 9.17) is 9.47 Å². The minimum Gasteiger partial charge on any atom is -0.423 e. The maximum absolute atomic E-state index is 12.8. The van der Waals surface area contributed by atoms with Crippen LogP contribution in [0.4, 0.5) is 0 Å². The minimum atomic E-state index is -1.14. The molecule has 0 amide bonds. The Kier molecular flexibility index (Phi) is 4.42. The summed E-state index contributed by atoms with van der Waals surface area (Å²) in [5.41, 5.74) is 1.52. The molecule has 2 aromatic rings. The van der Waals surface area contributed by atoms with Crippen LogP contribution < -0.4 is 9.47 Å². The molecular formula is C20H16O6. The first-order valence-corrected chi connectivity index (χ1v) is 7.98. The number of carbonyl (C=O) groups excluding carboxylic acids is 4. The summed E-state index contributed by atoms with van der Waals surface area (Å²) in [7, 11) is 0. The molecule has 0 aromatic heterocycles. The molecule has 6 heteroatoms. The Morgan fingerprint density at radius 1 is 0.885 bits per heavy atom. The van der Waals surface area contributed by atoms with Gasteiger partial charge in [-0.05, 0) is 18.6 Å². The zero-order valence-corrected chi connectivity index (χ0v) is 14.5. The number of benzene rings is 2. The van der Waals surface area contributed by atoms with Crippen LogP contribution in [0.5, 0.6) is 11.5 Å². The molecule has 26 heavy (non-hydrogen) atoms. The maximum atomic E-state index is 12.8. The van der Waals surface area contributed by atoms with E-state index in [2.05, 4.69) is 0 Å². The molecule has 0 unspecified atom stereocenters. The molecule has 1 aliphatic rings.